The van der Waals surface area contributed by atoms with E-state index < -0.39 is 11.8 Å². The van der Waals surface area contributed by atoms with Crippen LogP contribution < -0.4 is 11.1 Å². The lowest BCUT2D eigenvalue weighted by atomic mass is 10.0. The van der Waals surface area contributed by atoms with Gasteiger partial charge in [0.05, 0.1) is 23.4 Å². The first-order valence-electron chi connectivity index (χ1n) is 9.93. The number of benzene rings is 2. The predicted molar refractivity (Wildman–Crippen MR) is 128 cm³/mol. The van der Waals surface area contributed by atoms with E-state index in [4.69, 9.17) is 17.3 Å². The van der Waals surface area contributed by atoms with Crippen molar-refractivity contribution in [1.82, 2.24) is 9.78 Å². The fraction of sp³-hybridized carbons (Fsp3) is 0.125. The van der Waals surface area contributed by atoms with E-state index in [1.807, 2.05) is 67.6 Å². The number of hydrogen-bond donors (Lipinski definition) is 2. The van der Waals surface area contributed by atoms with Crippen LogP contribution in [0.2, 0.25) is 5.15 Å². The number of carbonyl (C=O) groups excluding carboxylic acids is 2. The van der Waals surface area contributed by atoms with Crippen LogP contribution in [0.3, 0.4) is 0 Å². The molecule has 4 rings (SSSR count). The van der Waals surface area contributed by atoms with E-state index in [0.29, 0.717) is 17.2 Å². The Morgan fingerprint density at radius 3 is 2.28 bits per heavy atom. The Kier molecular flexibility index (Phi) is 6.12. The van der Waals surface area contributed by atoms with Crippen LogP contribution in [0, 0.1) is 13.8 Å². The van der Waals surface area contributed by atoms with Crippen LogP contribution in [0.4, 0.5) is 5.00 Å². The molecule has 3 N–H and O–H groups in total. The van der Waals surface area contributed by atoms with E-state index in [0.717, 1.165) is 21.6 Å². The number of primary amides is 1. The van der Waals surface area contributed by atoms with Crippen molar-refractivity contribution in [3.05, 3.63) is 93.1 Å². The minimum absolute atomic E-state index is 0.237. The van der Waals surface area contributed by atoms with E-state index in [9.17, 15) is 9.59 Å². The van der Waals surface area contributed by atoms with Gasteiger partial charge >= 0.3 is 0 Å². The molecule has 0 atom stereocenters. The molecule has 2 heterocycles. The molecular formula is C24H21ClN4O2S. The number of hydrogen-bond acceptors (Lipinski definition) is 4. The third-order valence-corrected chi connectivity index (χ3v) is 6.49. The Morgan fingerprint density at radius 2 is 1.66 bits per heavy atom. The second-order valence-corrected chi connectivity index (χ2v) is 8.90. The Bertz CT molecular complexity index is 1300. The number of aromatic nitrogens is 2. The number of nitrogens with zero attached hydrogens (tertiary/aromatic N) is 2. The fourth-order valence-electron chi connectivity index (χ4n) is 3.66. The molecule has 0 bridgehead atoms. The molecule has 0 aliphatic rings. The minimum atomic E-state index is -0.605. The zero-order chi connectivity index (χ0) is 22.8. The summed E-state index contributed by atoms with van der Waals surface area (Å²) in [5, 5.41) is 7.90. The maximum Gasteiger partial charge on any atom is 0.261 e. The first-order chi connectivity index (χ1) is 15.4. The Labute approximate surface area is 194 Å². The van der Waals surface area contributed by atoms with Gasteiger partial charge in [0.25, 0.3) is 11.8 Å². The standard InChI is InChI=1S/C24H21ClN4O2S/c1-14-18(21(25)29(28-14)13-16-9-5-3-6-10-16)23(31)27-24-20(22(26)30)19(15(2)32-24)17-11-7-4-8-12-17/h3-12H,13H2,1-2H3,(H2,26,30)(H,27,31). The van der Waals surface area contributed by atoms with E-state index in [1.54, 1.807) is 11.6 Å². The molecule has 0 fully saturated rings. The molecule has 0 unspecified atom stereocenters. The predicted octanol–water partition coefficient (Wildman–Crippen LogP) is 5.28. The lowest BCUT2D eigenvalue weighted by molar-refractivity contribution is 0.100. The Balaban J connectivity index is 1.67. The normalized spacial score (nSPS) is 10.8. The first-order valence-corrected chi connectivity index (χ1v) is 11.1. The number of carbonyl (C=O) groups is 2. The average molecular weight is 465 g/mol. The number of thiophene rings is 1. The number of anilines is 1. The number of aryl methyl sites for hydroxylation is 2. The molecule has 2 aromatic carbocycles. The van der Waals surface area contributed by atoms with Gasteiger partial charge < -0.3 is 11.1 Å². The SMILES string of the molecule is Cc1nn(Cc2ccccc2)c(Cl)c1C(=O)Nc1sc(C)c(-c2ccccc2)c1C(N)=O. The van der Waals surface area contributed by atoms with Gasteiger partial charge in [-0.2, -0.15) is 5.10 Å². The van der Waals surface area contributed by atoms with Crippen molar-refractivity contribution >= 4 is 39.8 Å². The highest BCUT2D eigenvalue weighted by molar-refractivity contribution is 7.17. The molecule has 6 nitrogen and oxygen atoms in total. The van der Waals surface area contributed by atoms with Gasteiger partial charge in [-0.25, -0.2) is 4.68 Å². The van der Waals surface area contributed by atoms with Crippen molar-refractivity contribution in [1.29, 1.82) is 0 Å². The maximum absolute atomic E-state index is 13.2. The fourth-order valence-corrected chi connectivity index (χ4v) is 5.06. The highest BCUT2D eigenvalue weighted by atomic mass is 35.5. The number of nitrogens with one attached hydrogen (secondary N) is 1. The number of amides is 2. The second-order valence-electron chi connectivity index (χ2n) is 7.32. The summed E-state index contributed by atoms with van der Waals surface area (Å²) in [6, 6.07) is 19.2. The molecule has 2 amide bonds. The van der Waals surface area contributed by atoms with E-state index in [-0.39, 0.29) is 16.3 Å². The van der Waals surface area contributed by atoms with Gasteiger partial charge in [0, 0.05) is 10.4 Å². The summed E-state index contributed by atoms with van der Waals surface area (Å²) >= 11 is 7.83. The smallest absolute Gasteiger partial charge is 0.261 e. The molecule has 162 valence electrons. The van der Waals surface area contributed by atoms with Gasteiger partial charge in [-0.3, -0.25) is 9.59 Å². The van der Waals surface area contributed by atoms with Gasteiger partial charge in [0.15, 0.2) is 0 Å². The van der Waals surface area contributed by atoms with Crippen molar-refractivity contribution < 1.29 is 9.59 Å². The van der Waals surface area contributed by atoms with Crippen molar-refractivity contribution in [3.8, 4) is 11.1 Å². The van der Waals surface area contributed by atoms with Crippen LogP contribution >= 0.6 is 22.9 Å². The summed E-state index contributed by atoms with van der Waals surface area (Å²) in [6.45, 7) is 4.06. The summed E-state index contributed by atoms with van der Waals surface area (Å²) in [6.07, 6.45) is 0. The van der Waals surface area contributed by atoms with Crippen molar-refractivity contribution in [2.75, 3.05) is 5.32 Å². The van der Waals surface area contributed by atoms with Crippen LogP contribution in [0.15, 0.2) is 60.7 Å². The van der Waals surface area contributed by atoms with Crippen molar-refractivity contribution in [2.45, 2.75) is 20.4 Å². The van der Waals surface area contributed by atoms with Crippen LogP contribution in [-0.2, 0) is 6.54 Å². The molecule has 32 heavy (non-hydrogen) atoms. The van der Waals surface area contributed by atoms with Gasteiger partial charge in [-0.1, -0.05) is 72.3 Å². The zero-order valence-corrected chi connectivity index (χ0v) is 19.1. The topological polar surface area (TPSA) is 90.0 Å². The number of halogens is 1. The largest absolute Gasteiger partial charge is 0.365 e. The van der Waals surface area contributed by atoms with E-state index >= 15 is 0 Å². The highest BCUT2D eigenvalue weighted by Crippen LogP contribution is 2.40. The van der Waals surface area contributed by atoms with Crippen LogP contribution in [0.25, 0.3) is 11.1 Å². The molecule has 8 heteroatoms. The monoisotopic (exact) mass is 464 g/mol. The van der Waals surface area contributed by atoms with Crippen LogP contribution in [0.1, 0.15) is 36.9 Å². The number of rotatable bonds is 6. The van der Waals surface area contributed by atoms with Crippen LogP contribution in [0.5, 0.6) is 0 Å². The quantitative estimate of drug-likeness (QED) is 0.406. The van der Waals surface area contributed by atoms with E-state index in [1.165, 1.54) is 11.3 Å². The molecular weight excluding hydrogens is 444 g/mol. The van der Waals surface area contributed by atoms with Gasteiger partial charge in [-0.15, -0.1) is 11.3 Å². The molecule has 0 aliphatic carbocycles. The lowest BCUT2D eigenvalue weighted by Crippen LogP contribution is -2.18. The summed E-state index contributed by atoms with van der Waals surface area (Å²) in [7, 11) is 0. The summed E-state index contributed by atoms with van der Waals surface area (Å²) in [4.78, 5) is 26.4. The molecule has 4 aromatic rings. The molecule has 0 saturated heterocycles. The summed E-state index contributed by atoms with van der Waals surface area (Å²) < 4.78 is 1.59. The maximum atomic E-state index is 13.2. The highest BCUT2D eigenvalue weighted by Gasteiger charge is 2.26. The van der Waals surface area contributed by atoms with Gasteiger partial charge in [0.1, 0.15) is 10.2 Å². The molecule has 0 radical (unpaired) electrons. The van der Waals surface area contributed by atoms with Crippen LogP contribution in [-0.4, -0.2) is 21.6 Å². The van der Waals surface area contributed by atoms with Crippen molar-refractivity contribution in [3.63, 3.8) is 0 Å². The molecule has 2 aromatic heterocycles. The van der Waals surface area contributed by atoms with Crippen molar-refractivity contribution in [2.24, 2.45) is 5.73 Å². The van der Waals surface area contributed by atoms with E-state index in [2.05, 4.69) is 10.4 Å². The lowest BCUT2D eigenvalue weighted by Gasteiger charge is -2.07. The zero-order valence-electron chi connectivity index (χ0n) is 17.6. The molecule has 0 aliphatic heterocycles. The minimum Gasteiger partial charge on any atom is -0.365 e. The first kappa shape index (κ1) is 21.8. The third-order valence-electron chi connectivity index (χ3n) is 5.09. The average Bonchev–Trinajstić information content (AvgIpc) is 3.24. The Morgan fingerprint density at radius 1 is 1.03 bits per heavy atom. The van der Waals surface area contributed by atoms with Gasteiger partial charge in [0.2, 0.25) is 0 Å². The molecule has 0 spiro atoms. The summed E-state index contributed by atoms with van der Waals surface area (Å²) in [5.41, 5.74) is 9.36. The second kappa shape index (κ2) is 8.98. The third kappa shape index (κ3) is 4.17. The molecule has 0 saturated carbocycles. The van der Waals surface area contributed by atoms with Gasteiger partial charge in [-0.05, 0) is 25.0 Å². The number of nitrogens with two attached hydrogens (primary N) is 1. The summed E-state index contributed by atoms with van der Waals surface area (Å²) in [5.74, 6) is -1.04. The Hall–Kier alpha value is -3.42.